The molecule has 0 bridgehead atoms. The second-order valence-electron chi connectivity index (χ2n) is 9.23. The molecule has 0 spiro atoms. The van der Waals surface area contributed by atoms with Gasteiger partial charge in [-0.05, 0) is 29.5 Å². The predicted molar refractivity (Wildman–Crippen MR) is 119 cm³/mol. The first kappa shape index (κ1) is 21.3. The number of Topliss-reactive ketones (excluding diaryl/α,β-unsaturated/α-hetero) is 1. The van der Waals surface area contributed by atoms with E-state index in [1.165, 1.54) is 11.0 Å². The summed E-state index contributed by atoms with van der Waals surface area (Å²) >= 11 is 0. The molecule has 1 aliphatic carbocycles. The molecule has 1 aromatic heterocycles. The summed E-state index contributed by atoms with van der Waals surface area (Å²) in [7, 11) is 1.68. The normalized spacial score (nSPS) is 17.9. The van der Waals surface area contributed by atoms with Gasteiger partial charge in [-0.15, -0.1) is 0 Å². The number of H-pyrrole nitrogens is 1. The van der Waals surface area contributed by atoms with Gasteiger partial charge in [0.1, 0.15) is 5.56 Å². The minimum absolute atomic E-state index is 0.0122. The second-order valence-corrected chi connectivity index (χ2v) is 9.23. The van der Waals surface area contributed by atoms with Gasteiger partial charge in [0.25, 0.3) is 11.5 Å². The molecule has 0 unspecified atom stereocenters. The molecule has 0 saturated carbocycles. The number of ketones is 1. The molecule has 1 fully saturated rings. The van der Waals surface area contributed by atoms with E-state index in [4.69, 9.17) is 4.74 Å². The Hall–Kier alpha value is -2.93. The van der Waals surface area contributed by atoms with Gasteiger partial charge in [-0.1, -0.05) is 32.0 Å². The number of amides is 1. The first-order valence-electron chi connectivity index (χ1n) is 10.7. The number of anilines is 1. The van der Waals surface area contributed by atoms with E-state index in [0.717, 1.165) is 24.3 Å². The molecule has 2 aromatic rings. The Balaban J connectivity index is 1.58. The van der Waals surface area contributed by atoms with Crippen LogP contribution in [0.3, 0.4) is 0 Å². The Morgan fingerprint density at radius 3 is 2.61 bits per heavy atom. The number of para-hydroxylation sites is 1. The highest BCUT2D eigenvalue weighted by Gasteiger charge is 2.33. The van der Waals surface area contributed by atoms with E-state index in [1.807, 2.05) is 38.1 Å². The number of aromatic amines is 1. The molecule has 1 aliphatic heterocycles. The predicted octanol–water partition coefficient (Wildman–Crippen LogP) is 2.64. The molecule has 1 N–H and O–H groups in total. The van der Waals surface area contributed by atoms with E-state index < -0.39 is 11.5 Å². The third kappa shape index (κ3) is 4.42. The number of morpholine rings is 1. The van der Waals surface area contributed by atoms with Crippen molar-refractivity contribution in [3.8, 4) is 0 Å². The van der Waals surface area contributed by atoms with Gasteiger partial charge in [-0.3, -0.25) is 14.4 Å². The van der Waals surface area contributed by atoms with Crippen LogP contribution in [0, 0.1) is 5.41 Å². The van der Waals surface area contributed by atoms with Gasteiger partial charge in [0.05, 0.1) is 13.2 Å². The number of hydrogen-bond donors (Lipinski definition) is 1. The molecule has 1 aromatic carbocycles. The highest BCUT2D eigenvalue weighted by molar-refractivity contribution is 6.02. The van der Waals surface area contributed by atoms with Crippen molar-refractivity contribution in [3.63, 3.8) is 0 Å². The topological polar surface area (TPSA) is 82.7 Å². The number of nitrogens with zero attached hydrogens (tertiary/aromatic N) is 2. The summed E-state index contributed by atoms with van der Waals surface area (Å²) < 4.78 is 5.45. The number of pyridine rings is 1. The van der Waals surface area contributed by atoms with E-state index in [2.05, 4.69) is 9.88 Å². The monoisotopic (exact) mass is 423 g/mol. The zero-order chi connectivity index (χ0) is 22.2. The summed E-state index contributed by atoms with van der Waals surface area (Å²) in [5.41, 5.74) is 2.54. The van der Waals surface area contributed by atoms with Crippen LogP contribution in [0.5, 0.6) is 0 Å². The van der Waals surface area contributed by atoms with Gasteiger partial charge in [0.15, 0.2) is 5.78 Å². The maximum Gasteiger partial charge on any atom is 0.261 e. The summed E-state index contributed by atoms with van der Waals surface area (Å²) in [5, 5.41) is 0. The van der Waals surface area contributed by atoms with Crippen molar-refractivity contribution in [1.82, 2.24) is 9.88 Å². The van der Waals surface area contributed by atoms with Crippen LogP contribution >= 0.6 is 0 Å². The van der Waals surface area contributed by atoms with Crippen LogP contribution in [-0.4, -0.2) is 54.9 Å². The molecular weight excluding hydrogens is 394 g/mol. The van der Waals surface area contributed by atoms with Gasteiger partial charge >= 0.3 is 0 Å². The molecule has 164 valence electrons. The molecule has 2 aliphatic rings. The third-order valence-electron chi connectivity index (χ3n) is 6.05. The Bertz CT molecular complexity index is 1070. The Morgan fingerprint density at radius 1 is 1.16 bits per heavy atom. The van der Waals surface area contributed by atoms with E-state index in [9.17, 15) is 14.4 Å². The zero-order valence-corrected chi connectivity index (χ0v) is 18.4. The van der Waals surface area contributed by atoms with E-state index in [0.29, 0.717) is 43.9 Å². The average molecular weight is 424 g/mol. The van der Waals surface area contributed by atoms with Gasteiger partial charge in [0.2, 0.25) is 0 Å². The number of carbonyl (C=O) groups is 2. The number of ether oxygens (including phenoxy) is 1. The number of nitrogens with one attached hydrogen (secondary N) is 1. The number of aromatic nitrogens is 1. The molecule has 7 nitrogen and oxygen atoms in total. The molecule has 7 heteroatoms. The van der Waals surface area contributed by atoms with Crippen molar-refractivity contribution in [2.45, 2.75) is 33.2 Å². The highest BCUT2D eigenvalue weighted by atomic mass is 16.5. The van der Waals surface area contributed by atoms with Crippen LogP contribution in [0.2, 0.25) is 0 Å². The quantitative estimate of drug-likeness (QED) is 0.818. The summed E-state index contributed by atoms with van der Waals surface area (Å²) in [6, 6.07) is 9.46. The molecule has 0 radical (unpaired) electrons. The SMILES string of the molecule is CN(Cc1ccccc1N1CCOCC1)C(=O)c1cc2c([nH]c1=O)CC(C)(C)CC2=O. The van der Waals surface area contributed by atoms with Gasteiger partial charge in [0, 0.05) is 50.0 Å². The van der Waals surface area contributed by atoms with Gasteiger partial charge < -0.3 is 19.5 Å². The molecule has 4 rings (SSSR count). The number of fused-ring (bicyclic) bond motifs is 1. The molecule has 2 heterocycles. The van der Waals surface area contributed by atoms with Crippen LogP contribution in [0.25, 0.3) is 0 Å². The minimum Gasteiger partial charge on any atom is -0.378 e. The number of hydrogen-bond acceptors (Lipinski definition) is 5. The fraction of sp³-hybridized carbons (Fsp3) is 0.458. The van der Waals surface area contributed by atoms with Crippen molar-refractivity contribution in [2.75, 3.05) is 38.3 Å². The smallest absolute Gasteiger partial charge is 0.261 e. The first-order valence-corrected chi connectivity index (χ1v) is 10.7. The van der Waals surface area contributed by atoms with E-state index in [-0.39, 0.29) is 16.8 Å². The summed E-state index contributed by atoms with van der Waals surface area (Å²) in [5.74, 6) is -0.421. The van der Waals surface area contributed by atoms with Gasteiger partial charge in [-0.2, -0.15) is 0 Å². The molecule has 1 amide bonds. The Labute approximate surface area is 182 Å². The van der Waals surface area contributed by atoms with Crippen LogP contribution in [0.15, 0.2) is 35.1 Å². The summed E-state index contributed by atoms with van der Waals surface area (Å²) in [4.78, 5) is 45.0. The zero-order valence-electron chi connectivity index (χ0n) is 18.4. The van der Waals surface area contributed by atoms with Crippen LogP contribution in [0.1, 0.15) is 52.2 Å². The summed E-state index contributed by atoms with van der Waals surface area (Å²) in [6.45, 7) is 7.34. The molecule has 0 atom stereocenters. The van der Waals surface area contributed by atoms with Crippen molar-refractivity contribution in [3.05, 3.63) is 63.1 Å². The number of benzene rings is 1. The van der Waals surface area contributed by atoms with Crippen molar-refractivity contribution < 1.29 is 14.3 Å². The van der Waals surface area contributed by atoms with Crippen molar-refractivity contribution in [1.29, 1.82) is 0 Å². The fourth-order valence-corrected chi connectivity index (χ4v) is 4.48. The molecular formula is C24H29N3O4. The molecule has 31 heavy (non-hydrogen) atoms. The average Bonchev–Trinajstić information content (AvgIpc) is 2.73. The lowest BCUT2D eigenvalue weighted by Gasteiger charge is -2.31. The van der Waals surface area contributed by atoms with Crippen molar-refractivity contribution >= 4 is 17.4 Å². The standard InChI is InChI=1S/C24H29N3O4/c1-24(2)13-19-17(21(28)14-24)12-18(22(29)25-19)23(30)26(3)15-16-6-4-5-7-20(16)27-8-10-31-11-9-27/h4-7,12H,8-11,13-15H2,1-3H3,(H,25,29). The summed E-state index contributed by atoms with van der Waals surface area (Å²) in [6.07, 6.45) is 1.02. The highest BCUT2D eigenvalue weighted by Crippen LogP contribution is 2.33. The lowest BCUT2D eigenvalue weighted by atomic mass is 9.75. The van der Waals surface area contributed by atoms with Crippen LogP contribution < -0.4 is 10.5 Å². The Kier molecular flexibility index (Phi) is 5.71. The third-order valence-corrected chi connectivity index (χ3v) is 6.05. The van der Waals surface area contributed by atoms with Gasteiger partial charge in [-0.25, -0.2) is 0 Å². The molecule has 1 saturated heterocycles. The van der Waals surface area contributed by atoms with E-state index >= 15 is 0 Å². The first-order chi connectivity index (χ1) is 14.7. The van der Waals surface area contributed by atoms with E-state index in [1.54, 1.807) is 7.05 Å². The second kappa shape index (κ2) is 8.30. The van der Waals surface area contributed by atoms with Crippen LogP contribution in [-0.2, 0) is 17.7 Å². The lowest BCUT2D eigenvalue weighted by molar-refractivity contribution is 0.0783. The Morgan fingerprint density at radius 2 is 1.87 bits per heavy atom. The number of rotatable bonds is 4. The fourth-order valence-electron chi connectivity index (χ4n) is 4.48. The lowest BCUT2D eigenvalue weighted by Crippen LogP contribution is -2.38. The maximum atomic E-state index is 13.1. The largest absolute Gasteiger partial charge is 0.378 e. The van der Waals surface area contributed by atoms with Crippen LogP contribution in [0.4, 0.5) is 5.69 Å². The minimum atomic E-state index is -0.442. The number of carbonyl (C=O) groups excluding carboxylic acids is 2. The van der Waals surface area contributed by atoms with Crippen molar-refractivity contribution in [2.24, 2.45) is 5.41 Å². The maximum absolute atomic E-state index is 13.1.